The SMILES string of the molecule is Cc1nc(SCCCC#N)c2cc(-c3ccccc3)sc2n1. The number of hydrogen-bond donors (Lipinski definition) is 0. The van der Waals surface area contributed by atoms with Crippen LogP contribution in [0.1, 0.15) is 18.7 Å². The highest BCUT2D eigenvalue weighted by molar-refractivity contribution is 7.99. The van der Waals surface area contributed by atoms with Crippen LogP contribution in [0.5, 0.6) is 0 Å². The number of aryl methyl sites for hydroxylation is 1. The second-order valence-electron chi connectivity index (χ2n) is 4.88. The molecule has 22 heavy (non-hydrogen) atoms. The van der Waals surface area contributed by atoms with Crippen molar-refractivity contribution >= 4 is 33.3 Å². The van der Waals surface area contributed by atoms with Crippen LogP contribution in [0.2, 0.25) is 0 Å². The lowest BCUT2D eigenvalue weighted by Gasteiger charge is -2.02. The molecule has 0 radical (unpaired) electrons. The lowest BCUT2D eigenvalue weighted by atomic mass is 10.2. The Morgan fingerprint density at radius 1 is 1.23 bits per heavy atom. The minimum absolute atomic E-state index is 0.596. The zero-order valence-corrected chi connectivity index (χ0v) is 13.9. The fourth-order valence-electron chi connectivity index (χ4n) is 2.17. The number of fused-ring (bicyclic) bond motifs is 1. The third-order valence-electron chi connectivity index (χ3n) is 3.20. The van der Waals surface area contributed by atoms with Crippen LogP contribution in [0.25, 0.3) is 20.7 Å². The molecule has 0 spiro atoms. The number of nitriles is 1. The van der Waals surface area contributed by atoms with E-state index in [9.17, 15) is 0 Å². The average molecular weight is 325 g/mol. The average Bonchev–Trinajstić information content (AvgIpc) is 2.96. The van der Waals surface area contributed by atoms with Crippen molar-refractivity contribution in [3.8, 4) is 16.5 Å². The number of aromatic nitrogens is 2. The molecule has 0 unspecified atom stereocenters. The summed E-state index contributed by atoms with van der Waals surface area (Å²) < 4.78 is 0. The van der Waals surface area contributed by atoms with Crippen molar-refractivity contribution in [3.63, 3.8) is 0 Å². The van der Waals surface area contributed by atoms with Gasteiger partial charge in [-0.05, 0) is 25.0 Å². The molecule has 1 aromatic carbocycles. The van der Waals surface area contributed by atoms with Crippen molar-refractivity contribution in [2.75, 3.05) is 5.75 Å². The summed E-state index contributed by atoms with van der Waals surface area (Å²) in [4.78, 5) is 11.4. The first-order chi connectivity index (χ1) is 10.8. The van der Waals surface area contributed by atoms with Gasteiger partial charge in [0.05, 0.1) is 6.07 Å². The van der Waals surface area contributed by atoms with Gasteiger partial charge in [-0.15, -0.1) is 23.1 Å². The molecule has 3 nitrogen and oxygen atoms in total. The molecule has 0 N–H and O–H groups in total. The van der Waals surface area contributed by atoms with Gasteiger partial charge < -0.3 is 0 Å². The van der Waals surface area contributed by atoms with Crippen LogP contribution >= 0.6 is 23.1 Å². The van der Waals surface area contributed by atoms with Gasteiger partial charge >= 0.3 is 0 Å². The summed E-state index contributed by atoms with van der Waals surface area (Å²) in [6, 6.07) is 14.7. The maximum Gasteiger partial charge on any atom is 0.128 e. The molecule has 0 amide bonds. The van der Waals surface area contributed by atoms with E-state index < -0.39 is 0 Å². The van der Waals surface area contributed by atoms with E-state index in [0.717, 1.165) is 33.2 Å². The monoisotopic (exact) mass is 325 g/mol. The van der Waals surface area contributed by atoms with Crippen molar-refractivity contribution in [1.82, 2.24) is 9.97 Å². The predicted molar refractivity (Wildman–Crippen MR) is 93.2 cm³/mol. The van der Waals surface area contributed by atoms with E-state index >= 15 is 0 Å². The largest absolute Gasteiger partial charge is 0.226 e. The first-order valence-corrected chi connectivity index (χ1v) is 8.91. The van der Waals surface area contributed by atoms with E-state index in [1.807, 2.05) is 25.1 Å². The van der Waals surface area contributed by atoms with Gasteiger partial charge in [0, 0.05) is 22.4 Å². The fourth-order valence-corrected chi connectivity index (χ4v) is 4.31. The van der Waals surface area contributed by atoms with E-state index in [1.54, 1.807) is 23.1 Å². The van der Waals surface area contributed by atoms with Gasteiger partial charge in [0.2, 0.25) is 0 Å². The van der Waals surface area contributed by atoms with Crippen LogP contribution < -0.4 is 0 Å². The normalized spacial score (nSPS) is 10.7. The molecule has 0 aliphatic rings. The van der Waals surface area contributed by atoms with Gasteiger partial charge in [-0.25, -0.2) is 9.97 Å². The van der Waals surface area contributed by atoms with Crippen LogP contribution in [0.4, 0.5) is 0 Å². The lowest BCUT2D eigenvalue weighted by molar-refractivity contribution is 0.971. The molecule has 0 aliphatic carbocycles. The maximum absolute atomic E-state index is 8.63. The topological polar surface area (TPSA) is 49.6 Å². The quantitative estimate of drug-likeness (QED) is 0.373. The summed E-state index contributed by atoms with van der Waals surface area (Å²) in [5.74, 6) is 1.71. The Hall–Kier alpha value is -1.90. The Morgan fingerprint density at radius 2 is 2.05 bits per heavy atom. The highest BCUT2D eigenvalue weighted by Gasteiger charge is 2.11. The van der Waals surface area contributed by atoms with Crippen molar-refractivity contribution in [2.24, 2.45) is 0 Å². The number of thiophene rings is 1. The lowest BCUT2D eigenvalue weighted by Crippen LogP contribution is -1.91. The first kappa shape index (κ1) is 15.0. The molecule has 0 saturated carbocycles. The van der Waals surface area contributed by atoms with Crippen LogP contribution in [0.3, 0.4) is 0 Å². The van der Waals surface area contributed by atoms with E-state index in [1.165, 1.54) is 10.4 Å². The predicted octanol–water partition coefficient (Wildman–Crippen LogP) is 5.06. The zero-order valence-electron chi connectivity index (χ0n) is 12.2. The fraction of sp³-hybridized carbons (Fsp3) is 0.235. The summed E-state index contributed by atoms with van der Waals surface area (Å²) in [6.45, 7) is 1.93. The Morgan fingerprint density at radius 3 is 2.82 bits per heavy atom. The standard InChI is InChI=1S/C17H15N3S2/c1-12-19-16(21-10-6-5-9-18)14-11-15(22-17(14)20-12)13-7-3-2-4-8-13/h2-4,7-8,11H,5-6,10H2,1H3. The van der Waals surface area contributed by atoms with Gasteiger partial charge in [0.15, 0.2) is 0 Å². The van der Waals surface area contributed by atoms with Gasteiger partial charge in [0.25, 0.3) is 0 Å². The summed E-state index contributed by atoms with van der Waals surface area (Å²) in [5.41, 5.74) is 1.21. The second kappa shape index (κ2) is 6.91. The molecular weight excluding hydrogens is 310 g/mol. The van der Waals surface area contributed by atoms with E-state index in [-0.39, 0.29) is 0 Å². The van der Waals surface area contributed by atoms with E-state index in [2.05, 4.69) is 34.2 Å². The smallest absolute Gasteiger partial charge is 0.128 e. The summed E-state index contributed by atoms with van der Waals surface area (Å²) in [7, 11) is 0. The Balaban J connectivity index is 1.95. The third kappa shape index (κ3) is 3.29. The molecule has 0 fully saturated rings. The molecular formula is C17H15N3S2. The maximum atomic E-state index is 8.63. The molecule has 5 heteroatoms. The minimum Gasteiger partial charge on any atom is -0.226 e. The van der Waals surface area contributed by atoms with Gasteiger partial charge in [-0.1, -0.05) is 30.3 Å². The number of unbranched alkanes of at least 4 members (excludes halogenated alkanes) is 1. The number of nitrogens with zero attached hydrogens (tertiary/aromatic N) is 3. The molecule has 0 bridgehead atoms. The molecule has 2 aromatic heterocycles. The Kier molecular flexibility index (Phi) is 4.71. The zero-order chi connectivity index (χ0) is 15.4. The van der Waals surface area contributed by atoms with Gasteiger partial charge in [-0.2, -0.15) is 5.26 Å². The van der Waals surface area contributed by atoms with Gasteiger partial charge in [0.1, 0.15) is 15.7 Å². The molecule has 3 aromatic rings. The number of benzene rings is 1. The van der Waals surface area contributed by atoms with E-state index in [0.29, 0.717) is 6.42 Å². The van der Waals surface area contributed by atoms with Crippen molar-refractivity contribution in [2.45, 2.75) is 24.8 Å². The van der Waals surface area contributed by atoms with Crippen LogP contribution in [0, 0.1) is 18.3 Å². The molecule has 0 aliphatic heterocycles. The van der Waals surface area contributed by atoms with Crippen molar-refractivity contribution in [1.29, 1.82) is 5.26 Å². The first-order valence-electron chi connectivity index (χ1n) is 7.11. The van der Waals surface area contributed by atoms with Crippen molar-refractivity contribution in [3.05, 3.63) is 42.2 Å². The molecule has 0 saturated heterocycles. The molecule has 110 valence electrons. The summed E-state index contributed by atoms with van der Waals surface area (Å²) >= 11 is 3.42. The number of thioether (sulfide) groups is 1. The summed E-state index contributed by atoms with van der Waals surface area (Å²) in [5, 5.41) is 10.8. The van der Waals surface area contributed by atoms with Crippen LogP contribution in [0.15, 0.2) is 41.4 Å². The molecule has 3 rings (SSSR count). The Bertz CT molecular complexity index is 819. The van der Waals surface area contributed by atoms with Crippen molar-refractivity contribution < 1.29 is 0 Å². The Labute approximate surface area is 138 Å². The van der Waals surface area contributed by atoms with E-state index in [4.69, 9.17) is 5.26 Å². The third-order valence-corrected chi connectivity index (χ3v) is 5.36. The number of hydrogen-bond acceptors (Lipinski definition) is 5. The number of rotatable bonds is 5. The second-order valence-corrected chi connectivity index (χ2v) is 7.00. The molecule has 2 heterocycles. The van der Waals surface area contributed by atoms with Crippen LogP contribution in [-0.4, -0.2) is 15.7 Å². The van der Waals surface area contributed by atoms with Crippen LogP contribution in [-0.2, 0) is 0 Å². The highest BCUT2D eigenvalue weighted by Crippen LogP contribution is 2.36. The minimum atomic E-state index is 0.596. The summed E-state index contributed by atoms with van der Waals surface area (Å²) in [6.07, 6.45) is 1.49. The van der Waals surface area contributed by atoms with Gasteiger partial charge in [-0.3, -0.25) is 0 Å². The molecule has 0 atom stereocenters. The highest BCUT2D eigenvalue weighted by atomic mass is 32.2.